The summed E-state index contributed by atoms with van der Waals surface area (Å²) in [6, 6.07) is 12.0. The number of aromatic nitrogens is 5. The quantitative estimate of drug-likeness (QED) is 0.457. The lowest BCUT2D eigenvalue weighted by Crippen LogP contribution is -2.23. The highest BCUT2D eigenvalue weighted by molar-refractivity contribution is 5.77. The standard InChI is InChI=1S/C25H27N7O2/c1-15(2)34-22-5-3-4-21(29-22)32-23-20(24(33)31(32)19-8-9-19)14-27-25(30-23)28-18-7-6-17-13-26-11-10-16(17)12-18/h3-7,12,14-15,19,26H,8-11,13H2,1-2H3,(H,27,28,30). The number of pyridine rings is 1. The molecule has 34 heavy (non-hydrogen) atoms. The van der Waals surface area contributed by atoms with Gasteiger partial charge in [-0.3, -0.25) is 4.79 Å². The summed E-state index contributed by atoms with van der Waals surface area (Å²) in [4.78, 5) is 27.2. The van der Waals surface area contributed by atoms with Crippen molar-refractivity contribution in [2.45, 2.75) is 51.8 Å². The van der Waals surface area contributed by atoms with Gasteiger partial charge in [-0.15, -0.1) is 0 Å². The molecule has 1 saturated carbocycles. The van der Waals surface area contributed by atoms with Crippen molar-refractivity contribution in [1.82, 2.24) is 29.6 Å². The molecule has 9 heteroatoms. The lowest BCUT2D eigenvalue weighted by molar-refractivity contribution is 0.232. The molecule has 0 saturated heterocycles. The molecule has 2 N–H and O–H groups in total. The van der Waals surface area contributed by atoms with Crippen molar-refractivity contribution in [2.75, 3.05) is 11.9 Å². The molecule has 0 unspecified atom stereocenters. The molecule has 3 aromatic heterocycles. The summed E-state index contributed by atoms with van der Waals surface area (Å²) in [6.07, 6.45) is 4.52. The van der Waals surface area contributed by atoms with E-state index in [0.29, 0.717) is 28.7 Å². The Balaban J connectivity index is 1.44. The fraction of sp³-hybridized carbons (Fsp3) is 0.360. The Bertz CT molecular complexity index is 1440. The van der Waals surface area contributed by atoms with E-state index in [1.54, 1.807) is 10.9 Å². The van der Waals surface area contributed by atoms with Crippen LogP contribution >= 0.6 is 0 Å². The van der Waals surface area contributed by atoms with Crippen molar-refractivity contribution >= 4 is 22.7 Å². The second kappa shape index (κ2) is 8.25. The number of anilines is 2. The predicted molar refractivity (Wildman–Crippen MR) is 130 cm³/mol. The molecule has 2 aliphatic rings. The number of rotatable bonds is 6. The van der Waals surface area contributed by atoms with Crippen molar-refractivity contribution in [3.8, 4) is 11.7 Å². The third kappa shape index (κ3) is 3.81. The summed E-state index contributed by atoms with van der Waals surface area (Å²) >= 11 is 0. The fourth-order valence-electron chi connectivity index (χ4n) is 4.44. The minimum atomic E-state index is -0.0951. The molecular formula is C25H27N7O2. The minimum absolute atomic E-state index is 0.000285. The lowest BCUT2D eigenvalue weighted by Gasteiger charge is -2.18. The van der Waals surface area contributed by atoms with E-state index >= 15 is 0 Å². The van der Waals surface area contributed by atoms with Gasteiger partial charge in [0.25, 0.3) is 5.56 Å². The maximum atomic E-state index is 13.3. The molecule has 174 valence electrons. The molecular weight excluding hydrogens is 430 g/mol. The number of hydrogen-bond donors (Lipinski definition) is 2. The first-order chi connectivity index (χ1) is 16.6. The van der Waals surface area contributed by atoms with E-state index in [2.05, 4.69) is 32.7 Å². The molecule has 6 rings (SSSR count). The van der Waals surface area contributed by atoms with Crippen LogP contribution in [0.3, 0.4) is 0 Å². The van der Waals surface area contributed by atoms with Gasteiger partial charge < -0.3 is 15.4 Å². The van der Waals surface area contributed by atoms with E-state index in [1.807, 2.05) is 42.8 Å². The van der Waals surface area contributed by atoms with Crippen LogP contribution < -0.4 is 20.9 Å². The Hall–Kier alpha value is -3.72. The van der Waals surface area contributed by atoms with Crippen LogP contribution in [0.15, 0.2) is 47.4 Å². The van der Waals surface area contributed by atoms with Crippen molar-refractivity contribution < 1.29 is 4.74 Å². The molecule has 0 spiro atoms. The number of ether oxygens (including phenoxy) is 1. The van der Waals surface area contributed by atoms with Crippen molar-refractivity contribution in [1.29, 1.82) is 0 Å². The number of nitrogens with one attached hydrogen (secondary N) is 2. The van der Waals surface area contributed by atoms with Gasteiger partial charge in [0.05, 0.1) is 12.1 Å². The molecule has 4 heterocycles. The summed E-state index contributed by atoms with van der Waals surface area (Å²) in [6.45, 7) is 5.79. The Kier molecular flexibility index (Phi) is 5.06. The van der Waals surface area contributed by atoms with Gasteiger partial charge in [0.1, 0.15) is 5.39 Å². The van der Waals surface area contributed by atoms with E-state index < -0.39 is 0 Å². The van der Waals surface area contributed by atoms with Crippen molar-refractivity contribution in [3.05, 3.63) is 64.1 Å². The summed E-state index contributed by atoms with van der Waals surface area (Å²) in [5, 5.41) is 7.19. The zero-order valence-electron chi connectivity index (χ0n) is 19.3. The van der Waals surface area contributed by atoms with Gasteiger partial charge in [-0.25, -0.2) is 14.3 Å². The number of fused-ring (bicyclic) bond motifs is 2. The average Bonchev–Trinajstić information content (AvgIpc) is 3.63. The van der Waals surface area contributed by atoms with Crippen LogP contribution in [0.25, 0.3) is 16.9 Å². The highest BCUT2D eigenvalue weighted by Gasteiger charge is 2.31. The van der Waals surface area contributed by atoms with Crippen LogP contribution in [0.1, 0.15) is 43.9 Å². The van der Waals surface area contributed by atoms with Crippen molar-refractivity contribution in [2.24, 2.45) is 0 Å². The zero-order chi connectivity index (χ0) is 23.2. The van der Waals surface area contributed by atoms with Gasteiger partial charge in [0.2, 0.25) is 11.8 Å². The average molecular weight is 458 g/mol. The molecule has 0 atom stereocenters. The predicted octanol–water partition coefficient (Wildman–Crippen LogP) is 3.49. The summed E-state index contributed by atoms with van der Waals surface area (Å²) < 4.78 is 9.37. The Morgan fingerprint density at radius 1 is 1.15 bits per heavy atom. The normalized spacial score (nSPS) is 15.5. The van der Waals surface area contributed by atoms with E-state index in [0.717, 1.165) is 38.0 Å². The summed E-state index contributed by atoms with van der Waals surface area (Å²) in [5.41, 5.74) is 4.01. The lowest BCUT2D eigenvalue weighted by atomic mass is 10.0. The topological polar surface area (TPSA) is 98.9 Å². The van der Waals surface area contributed by atoms with E-state index in [-0.39, 0.29) is 17.7 Å². The summed E-state index contributed by atoms with van der Waals surface area (Å²) in [7, 11) is 0. The van der Waals surface area contributed by atoms with Crippen LogP contribution in [-0.4, -0.2) is 37.0 Å². The van der Waals surface area contributed by atoms with Gasteiger partial charge in [-0.05, 0) is 69.0 Å². The first-order valence-electron chi connectivity index (χ1n) is 11.8. The third-order valence-corrected chi connectivity index (χ3v) is 6.15. The monoisotopic (exact) mass is 457 g/mol. The van der Waals surface area contributed by atoms with E-state index in [9.17, 15) is 4.79 Å². The highest BCUT2D eigenvalue weighted by atomic mass is 16.5. The Labute approximate surface area is 196 Å². The molecule has 0 radical (unpaired) electrons. The molecule has 4 aromatic rings. The van der Waals surface area contributed by atoms with Crippen LogP contribution in [-0.2, 0) is 13.0 Å². The summed E-state index contributed by atoms with van der Waals surface area (Å²) in [5.74, 6) is 1.56. The number of benzene rings is 1. The molecule has 1 aliphatic carbocycles. The number of nitrogens with zero attached hydrogens (tertiary/aromatic N) is 5. The second-order valence-corrected chi connectivity index (χ2v) is 9.16. The first-order valence-corrected chi connectivity index (χ1v) is 11.8. The van der Waals surface area contributed by atoms with Crippen molar-refractivity contribution in [3.63, 3.8) is 0 Å². The third-order valence-electron chi connectivity index (χ3n) is 6.15. The maximum Gasteiger partial charge on any atom is 0.278 e. The van der Waals surface area contributed by atoms with Crippen LogP contribution in [0.4, 0.5) is 11.6 Å². The SMILES string of the molecule is CC(C)Oc1cccc(-n2c3nc(Nc4ccc5c(c4)CCNC5)ncc3c(=O)n2C2CC2)n1. The molecule has 1 aromatic carbocycles. The van der Waals surface area contributed by atoms with Gasteiger partial charge in [-0.1, -0.05) is 12.1 Å². The second-order valence-electron chi connectivity index (χ2n) is 9.16. The Morgan fingerprint density at radius 3 is 2.85 bits per heavy atom. The van der Waals surface area contributed by atoms with E-state index in [1.165, 1.54) is 11.1 Å². The molecule has 0 bridgehead atoms. The van der Waals surface area contributed by atoms with Crippen LogP contribution in [0.5, 0.6) is 5.88 Å². The van der Waals surface area contributed by atoms with Crippen LogP contribution in [0, 0.1) is 0 Å². The largest absolute Gasteiger partial charge is 0.475 e. The van der Waals surface area contributed by atoms with E-state index in [4.69, 9.17) is 9.72 Å². The molecule has 9 nitrogen and oxygen atoms in total. The smallest absolute Gasteiger partial charge is 0.278 e. The maximum absolute atomic E-state index is 13.3. The first kappa shape index (κ1) is 20.9. The minimum Gasteiger partial charge on any atom is -0.475 e. The molecule has 1 aliphatic heterocycles. The van der Waals surface area contributed by atoms with Crippen LogP contribution in [0.2, 0.25) is 0 Å². The highest BCUT2D eigenvalue weighted by Crippen LogP contribution is 2.35. The molecule has 1 fully saturated rings. The van der Waals surface area contributed by atoms with Gasteiger partial charge in [-0.2, -0.15) is 9.97 Å². The molecule has 0 amide bonds. The zero-order valence-corrected chi connectivity index (χ0v) is 19.3. The number of hydrogen-bond acceptors (Lipinski definition) is 7. The fourth-order valence-corrected chi connectivity index (χ4v) is 4.44. The van der Waals surface area contributed by atoms with Gasteiger partial charge in [0.15, 0.2) is 11.5 Å². The Morgan fingerprint density at radius 2 is 2.03 bits per heavy atom. The van der Waals surface area contributed by atoms with Gasteiger partial charge >= 0.3 is 0 Å². The van der Waals surface area contributed by atoms with Gasteiger partial charge in [0, 0.05) is 24.5 Å².